The van der Waals surface area contributed by atoms with E-state index >= 15 is 0 Å². The molecule has 6 nitrogen and oxygen atoms in total. The van der Waals surface area contributed by atoms with Crippen LogP contribution in [0.5, 0.6) is 0 Å². The maximum atomic E-state index is 12.1. The Kier molecular flexibility index (Phi) is 8.00. The van der Waals surface area contributed by atoms with Gasteiger partial charge >= 0.3 is 5.69 Å². The van der Waals surface area contributed by atoms with Crippen molar-refractivity contribution in [3.63, 3.8) is 0 Å². The molecule has 0 amide bonds. The highest BCUT2D eigenvalue weighted by atomic mass is 16.5. The van der Waals surface area contributed by atoms with Crippen molar-refractivity contribution < 1.29 is 4.74 Å². The molecule has 0 bridgehead atoms. The van der Waals surface area contributed by atoms with Gasteiger partial charge in [-0.15, -0.1) is 0 Å². The van der Waals surface area contributed by atoms with E-state index in [0.717, 1.165) is 26.0 Å². The minimum Gasteiger partial charge on any atom is -0.379 e. The molecule has 0 saturated carbocycles. The van der Waals surface area contributed by atoms with Crippen LogP contribution in [0.15, 0.2) is 21.9 Å². The molecule has 1 aromatic rings. The summed E-state index contributed by atoms with van der Waals surface area (Å²) in [5.41, 5.74) is -0.466. The van der Waals surface area contributed by atoms with Crippen molar-refractivity contribution >= 4 is 0 Å². The molecule has 0 aliphatic carbocycles. The number of rotatable bonds is 10. The Balaban J connectivity index is 2.40. The first-order valence-corrected chi connectivity index (χ1v) is 7.69. The molecule has 1 rings (SSSR count). The average Bonchev–Trinajstić information content (AvgIpc) is 2.44. The van der Waals surface area contributed by atoms with Crippen molar-refractivity contribution in [2.75, 3.05) is 19.7 Å². The van der Waals surface area contributed by atoms with Gasteiger partial charge in [-0.25, -0.2) is 4.79 Å². The molecule has 0 unspecified atom stereocenters. The van der Waals surface area contributed by atoms with Crippen LogP contribution < -0.4 is 16.6 Å². The monoisotopic (exact) mass is 297 g/mol. The second kappa shape index (κ2) is 9.52. The van der Waals surface area contributed by atoms with Crippen molar-refractivity contribution in [3.05, 3.63) is 33.1 Å². The Hall–Kier alpha value is -1.40. The number of aromatic nitrogens is 2. The molecule has 120 valence electrons. The van der Waals surface area contributed by atoms with E-state index in [9.17, 15) is 9.59 Å². The molecule has 0 fully saturated rings. The fourth-order valence-corrected chi connectivity index (χ4v) is 2.01. The van der Waals surface area contributed by atoms with Gasteiger partial charge in [0, 0.05) is 38.5 Å². The number of nitrogens with zero attached hydrogens (tertiary/aromatic N) is 2. The van der Waals surface area contributed by atoms with E-state index in [4.69, 9.17) is 4.74 Å². The summed E-state index contributed by atoms with van der Waals surface area (Å²) in [5, 5.41) is 3.23. The van der Waals surface area contributed by atoms with Gasteiger partial charge < -0.3 is 14.6 Å². The van der Waals surface area contributed by atoms with E-state index in [1.807, 2.05) is 20.8 Å². The minimum absolute atomic E-state index is 0.228. The standard InChI is InChI=1S/C15H27N3O3/c1-4-9-17-10-6-14(19)18(15(17)20)11-8-16-7-5-12-21-13(2)3/h6,10,13,16H,4-5,7-9,11-12H2,1-3H3. The highest BCUT2D eigenvalue weighted by Crippen LogP contribution is 1.89. The number of ether oxygens (including phenoxy) is 1. The maximum Gasteiger partial charge on any atom is 0.331 e. The second-order valence-corrected chi connectivity index (χ2v) is 5.30. The zero-order chi connectivity index (χ0) is 15.7. The Morgan fingerprint density at radius 1 is 1.24 bits per heavy atom. The molecule has 0 aliphatic rings. The highest BCUT2D eigenvalue weighted by Gasteiger charge is 2.04. The second-order valence-electron chi connectivity index (χ2n) is 5.30. The molecule has 1 aromatic heterocycles. The highest BCUT2D eigenvalue weighted by molar-refractivity contribution is 4.86. The largest absolute Gasteiger partial charge is 0.379 e. The third-order valence-electron chi connectivity index (χ3n) is 3.07. The topological polar surface area (TPSA) is 65.3 Å². The lowest BCUT2D eigenvalue weighted by atomic mass is 10.4. The van der Waals surface area contributed by atoms with Crippen LogP contribution in [0.2, 0.25) is 0 Å². The Bertz CT molecular complexity index is 520. The summed E-state index contributed by atoms with van der Waals surface area (Å²) >= 11 is 0. The summed E-state index contributed by atoms with van der Waals surface area (Å²) in [4.78, 5) is 23.8. The summed E-state index contributed by atoms with van der Waals surface area (Å²) in [5.74, 6) is 0. The third-order valence-corrected chi connectivity index (χ3v) is 3.07. The predicted octanol–water partition coefficient (Wildman–Crippen LogP) is 0.825. The van der Waals surface area contributed by atoms with E-state index in [1.54, 1.807) is 10.8 Å². The zero-order valence-electron chi connectivity index (χ0n) is 13.3. The molecule has 1 N–H and O–H groups in total. The summed E-state index contributed by atoms with van der Waals surface area (Å²) in [6.07, 6.45) is 3.61. The molecule has 1 heterocycles. The SMILES string of the molecule is CCCn1ccc(=O)n(CCNCCCOC(C)C)c1=O. The fraction of sp³-hybridized carbons (Fsp3) is 0.733. The molecule has 21 heavy (non-hydrogen) atoms. The average molecular weight is 297 g/mol. The van der Waals surface area contributed by atoms with Crippen LogP contribution in [0.25, 0.3) is 0 Å². The van der Waals surface area contributed by atoms with Crippen LogP contribution in [0.3, 0.4) is 0 Å². The van der Waals surface area contributed by atoms with E-state index in [2.05, 4.69) is 5.32 Å². The normalized spacial score (nSPS) is 11.2. The van der Waals surface area contributed by atoms with Gasteiger partial charge in [0.25, 0.3) is 5.56 Å². The van der Waals surface area contributed by atoms with E-state index < -0.39 is 0 Å². The van der Waals surface area contributed by atoms with Gasteiger partial charge in [0.1, 0.15) is 0 Å². The quantitative estimate of drug-likeness (QED) is 0.650. The lowest BCUT2D eigenvalue weighted by Gasteiger charge is -2.10. The Labute approximate surface area is 125 Å². The van der Waals surface area contributed by atoms with E-state index in [-0.39, 0.29) is 17.4 Å². The van der Waals surface area contributed by atoms with Gasteiger partial charge in [0.2, 0.25) is 0 Å². The van der Waals surface area contributed by atoms with Gasteiger partial charge in [-0.3, -0.25) is 9.36 Å². The number of aryl methyl sites for hydroxylation is 1. The first-order chi connectivity index (χ1) is 10.1. The molecule has 0 radical (unpaired) electrons. The van der Waals surface area contributed by atoms with E-state index in [1.165, 1.54) is 10.6 Å². The van der Waals surface area contributed by atoms with Crippen LogP contribution in [-0.4, -0.2) is 34.9 Å². The van der Waals surface area contributed by atoms with Gasteiger partial charge in [0.05, 0.1) is 6.10 Å². The minimum atomic E-state index is -0.239. The Morgan fingerprint density at radius 3 is 2.67 bits per heavy atom. The number of hydrogen-bond donors (Lipinski definition) is 1. The summed E-state index contributed by atoms with van der Waals surface area (Å²) in [6, 6.07) is 1.45. The number of hydrogen-bond acceptors (Lipinski definition) is 4. The van der Waals surface area contributed by atoms with Crippen molar-refractivity contribution in [1.82, 2.24) is 14.5 Å². The van der Waals surface area contributed by atoms with Crippen molar-refractivity contribution in [2.45, 2.75) is 52.8 Å². The molecule has 0 spiro atoms. The first-order valence-electron chi connectivity index (χ1n) is 7.69. The first kappa shape index (κ1) is 17.7. The molecule has 0 atom stereocenters. The van der Waals surface area contributed by atoms with Gasteiger partial charge in [-0.05, 0) is 33.2 Å². The molecule has 0 saturated heterocycles. The van der Waals surface area contributed by atoms with Gasteiger partial charge in [-0.2, -0.15) is 0 Å². The summed E-state index contributed by atoms with van der Waals surface area (Å²) in [6.45, 7) is 9.20. The summed E-state index contributed by atoms with van der Waals surface area (Å²) < 4.78 is 8.31. The summed E-state index contributed by atoms with van der Waals surface area (Å²) in [7, 11) is 0. The predicted molar refractivity (Wildman–Crippen MR) is 83.8 cm³/mol. The smallest absolute Gasteiger partial charge is 0.331 e. The third kappa shape index (κ3) is 6.27. The van der Waals surface area contributed by atoms with Crippen LogP contribution in [0.4, 0.5) is 0 Å². The maximum absolute atomic E-state index is 12.1. The lowest BCUT2D eigenvalue weighted by molar-refractivity contribution is 0.0771. The van der Waals surface area contributed by atoms with E-state index in [0.29, 0.717) is 19.6 Å². The fourth-order valence-electron chi connectivity index (χ4n) is 2.01. The Morgan fingerprint density at radius 2 is 2.00 bits per heavy atom. The van der Waals surface area contributed by atoms with Crippen LogP contribution in [-0.2, 0) is 17.8 Å². The van der Waals surface area contributed by atoms with Crippen LogP contribution >= 0.6 is 0 Å². The van der Waals surface area contributed by atoms with Gasteiger partial charge in [-0.1, -0.05) is 6.92 Å². The molecular weight excluding hydrogens is 270 g/mol. The zero-order valence-corrected chi connectivity index (χ0v) is 13.3. The lowest BCUT2D eigenvalue weighted by Crippen LogP contribution is -2.41. The van der Waals surface area contributed by atoms with Crippen LogP contribution in [0.1, 0.15) is 33.6 Å². The molecular formula is C15H27N3O3. The molecule has 0 aliphatic heterocycles. The molecule has 6 heteroatoms. The van der Waals surface area contributed by atoms with Crippen molar-refractivity contribution in [1.29, 1.82) is 0 Å². The van der Waals surface area contributed by atoms with Gasteiger partial charge in [0.15, 0.2) is 0 Å². The number of nitrogens with one attached hydrogen (secondary N) is 1. The van der Waals surface area contributed by atoms with Crippen LogP contribution in [0, 0.1) is 0 Å². The van der Waals surface area contributed by atoms with Crippen molar-refractivity contribution in [3.8, 4) is 0 Å². The van der Waals surface area contributed by atoms with Crippen molar-refractivity contribution in [2.24, 2.45) is 0 Å². The molecule has 0 aromatic carbocycles.